The first-order chi connectivity index (χ1) is 10.1. The molecule has 0 bridgehead atoms. The van der Waals surface area contributed by atoms with Crippen LogP contribution in [0.4, 0.5) is 5.69 Å². The number of hydrogen-bond acceptors (Lipinski definition) is 4. The summed E-state index contributed by atoms with van der Waals surface area (Å²) in [4.78, 5) is 23.8. The molecule has 0 radical (unpaired) electrons. The monoisotopic (exact) mass is 285 g/mol. The molecule has 5 nitrogen and oxygen atoms in total. The minimum Gasteiger partial charge on any atom is -0.507 e. The van der Waals surface area contributed by atoms with Crippen LogP contribution in [0.15, 0.2) is 48.5 Å². The van der Waals surface area contributed by atoms with Gasteiger partial charge < -0.3 is 15.2 Å². The maximum atomic E-state index is 12.1. The number of para-hydroxylation sites is 1. The predicted molar refractivity (Wildman–Crippen MR) is 78.5 cm³/mol. The molecule has 2 aromatic rings. The Bertz CT molecular complexity index is 653. The van der Waals surface area contributed by atoms with Gasteiger partial charge in [-0.15, -0.1) is 0 Å². The van der Waals surface area contributed by atoms with Crippen LogP contribution in [0.25, 0.3) is 0 Å². The maximum absolute atomic E-state index is 12.1. The Labute approximate surface area is 122 Å². The molecule has 2 rings (SSSR count). The van der Waals surface area contributed by atoms with Gasteiger partial charge in [-0.1, -0.05) is 18.2 Å². The fourth-order valence-corrected chi connectivity index (χ4v) is 1.77. The molecule has 0 heterocycles. The molecule has 0 saturated heterocycles. The van der Waals surface area contributed by atoms with Gasteiger partial charge in [0.25, 0.3) is 5.91 Å². The number of benzene rings is 2. The molecule has 0 atom stereocenters. The predicted octanol–water partition coefficient (Wildman–Crippen LogP) is 2.82. The van der Waals surface area contributed by atoms with Crippen molar-refractivity contribution < 1.29 is 19.4 Å². The topological polar surface area (TPSA) is 75.6 Å². The van der Waals surface area contributed by atoms with Crippen molar-refractivity contribution in [2.75, 3.05) is 11.9 Å². The number of carbonyl (C=O) groups excluding carboxylic acids is 2. The highest BCUT2D eigenvalue weighted by Crippen LogP contribution is 2.20. The number of phenols is 1. The highest BCUT2D eigenvalue weighted by atomic mass is 16.5. The van der Waals surface area contributed by atoms with Crippen molar-refractivity contribution in [1.82, 2.24) is 0 Å². The van der Waals surface area contributed by atoms with Crippen LogP contribution in [0, 0.1) is 0 Å². The van der Waals surface area contributed by atoms with Gasteiger partial charge in [0.1, 0.15) is 11.3 Å². The molecule has 0 saturated carbocycles. The lowest BCUT2D eigenvalue weighted by Gasteiger charge is -2.08. The summed E-state index contributed by atoms with van der Waals surface area (Å²) in [6.07, 6.45) is 0. The maximum Gasteiger partial charge on any atom is 0.341 e. The van der Waals surface area contributed by atoms with E-state index in [-0.39, 0.29) is 29.4 Å². The van der Waals surface area contributed by atoms with Crippen LogP contribution in [0.2, 0.25) is 0 Å². The zero-order valence-electron chi connectivity index (χ0n) is 11.5. The van der Waals surface area contributed by atoms with E-state index < -0.39 is 5.97 Å². The normalized spacial score (nSPS) is 9.95. The van der Waals surface area contributed by atoms with Crippen molar-refractivity contribution in [2.45, 2.75) is 6.92 Å². The summed E-state index contributed by atoms with van der Waals surface area (Å²) in [5, 5.41) is 12.4. The Balaban J connectivity index is 2.22. The minimum absolute atomic E-state index is 0.0300. The number of esters is 1. The van der Waals surface area contributed by atoms with E-state index in [1.807, 2.05) is 6.07 Å². The molecule has 108 valence electrons. The SMILES string of the molecule is CCOC(=O)c1cc(C(=O)Nc2ccccc2)ccc1O. The van der Waals surface area contributed by atoms with Crippen molar-refractivity contribution in [3.05, 3.63) is 59.7 Å². The average molecular weight is 285 g/mol. The van der Waals surface area contributed by atoms with E-state index in [1.54, 1.807) is 31.2 Å². The van der Waals surface area contributed by atoms with Crippen LogP contribution < -0.4 is 5.32 Å². The summed E-state index contributed by atoms with van der Waals surface area (Å²) in [7, 11) is 0. The highest BCUT2D eigenvalue weighted by Gasteiger charge is 2.15. The molecule has 1 amide bonds. The van der Waals surface area contributed by atoms with E-state index in [2.05, 4.69) is 5.32 Å². The third-order valence-electron chi connectivity index (χ3n) is 2.79. The number of rotatable bonds is 4. The number of aromatic hydroxyl groups is 1. The van der Waals surface area contributed by atoms with Gasteiger partial charge in [-0.05, 0) is 37.3 Å². The first-order valence-electron chi connectivity index (χ1n) is 6.48. The van der Waals surface area contributed by atoms with Crippen LogP contribution in [0.5, 0.6) is 5.75 Å². The second-order valence-electron chi connectivity index (χ2n) is 4.27. The summed E-state index contributed by atoms with van der Waals surface area (Å²) in [5.41, 5.74) is 0.880. The van der Waals surface area contributed by atoms with E-state index in [9.17, 15) is 14.7 Å². The van der Waals surface area contributed by atoms with Crippen molar-refractivity contribution >= 4 is 17.6 Å². The molecule has 0 spiro atoms. The summed E-state index contributed by atoms with van der Waals surface area (Å²) < 4.78 is 4.83. The molecule has 21 heavy (non-hydrogen) atoms. The van der Waals surface area contributed by atoms with Crippen molar-refractivity contribution in [2.24, 2.45) is 0 Å². The Morgan fingerprint density at radius 3 is 2.52 bits per heavy atom. The molecule has 0 aliphatic carbocycles. The van der Waals surface area contributed by atoms with E-state index in [0.717, 1.165) is 0 Å². The van der Waals surface area contributed by atoms with Gasteiger partial charge in [-0.25, -0.2) is 4.79 Å². The lowest BCUT2D eigenvalue weighted by Crippen LogP contribution is -2.13. The van der Waals surface area contributed by atoms with Gasteiger partial charge in [0.2, 0.25) is 0 Å². The molecule has 5 heteroatoms. The molecule has 2 N–H and O–H groups in total. The van der Waals surface area contributed by atoms with Crippen LogP contribution in [-0.4, -0.2) is 23.6 Å². The quantitative estimate of drug-likeness (QED) is 0.847. The largest absolute Gasteiger partial charge is 0.507 e. The average Bonchev–Trinajstić information content (AvgIpc) is 2.48. The fourth-order valence-electron chi connectivity index (χ4n) is 1.77. The molecular formula is C16H15NO4. The molecule has 0 fully saturated rings. The van der Waals surface area contributed by atoms with Crippen molar-refractivity contribution in [3.63, 3.8) is 0 Å². The van der Waals surface area contributed by atoms with Crippen LogP contribution >= 0.6 is 0 Å². The van der Waals surface area contributed by atoms with E-state index in [1.165, 1.54) is 18.2 Å². The van der Waals surface area contributed by atoms with Gasteiger partial charge >= 0.3 is 5.97 Å². The van der Waals surface area contributed by atoms with E-state index >= 15 is 0 Å². The van der Waals surface area contributed by atoms with Crippen LogP contribution in [0.1, 0.15) is 27.6 Å². The molecular weight excluding hydrogens is 270 g/mol. The smallest absolute Gasteiger partial charge is 0.341 e. The Kier molecular flexibility index (Phi) is 4.56. The van der Waals surface area contributed by atoms with Gasteiger partial charge in [-0.3, -0.25) is 4.79 Å². The van der Waals surface area contributed by atoms with Crippen molar-refractivity contribution in [1.29, 1.82) is 0 Å². The highest BCUT2D eigenvalue weighted by molar-refractivity contribution is 6.06. The summed E-state index contributed by atoms with van der Waals surface area (Å²) in [6, 6.07) is 13.0. The van der Waals surface area contributed by atoms with Gasteiger partial charge in [0.05, 0.1) is 6.61 Å². The van der Waals surface area contributed by atoms with Gasteiger partial charge in [0.15, 0.2) is 0 Å². The number of carbonyl (C=O) groups is 2. The lowest BCUT2D eigenvalue weighted by molar-refractivity contribution is 0.0523. The first-order valence-corrected chi connectivity index (χ1v) is 6.48. The van der Waals surface area contributed by atoms with Gasteiger partial charge in [-0.2, -0.15) is 0 Å². The molecule has 0 aromatic heterocycles. The number of amides is 1. The fraction of sp³-hybridized carbons (Fsp3) is 0.125. The number of ether oxygens (including phenoxy) is 1. The Hall–Kier alpha value is -2.82. The Morgan fingerprint density at radius 1 is 1.14 bits per heavy atom. The second kappa shape index (κ2) is 6.56. The summed E-state index contributed by atoms with van der Waals surface area (Å²) in [5.74, 6) is -1.25. The standard InChI is InChI=1S/C16H15NO4/c1-2-21-16(20)13-10-11(8-9-14(13)18)15(19)17-12-6-4-3-5-7-12/h3-10,18H,2H2,1H3,(H,17,19). The molecule has 0 aliphatic rings. The molecule has 2 aromatic carbocycles. The third-order valence-corrected chi connectivity index (χ3v) is 2.79. The van der Waals surface area contributed by atoms with E-state index in [4.69, 9.17) is 4.74 Å². The molecule has 0 unspecified atom stereocenters. The third kappa shape index (κ3) is 3.60. The number of nitrogens with one attached hydrogen (secondary N) is 1. The first kappa shape index (κ1) is 14.6. The molecule has 0 aliphatic heterocycles. The van der Waals surface area contributed by atoms with Crippen molar-refractivity contribution in [3.8, 4) is 5.75 Å². The second-order valence-corrected chi connectivity index (χ2v) is 4.27. The zero-order valence-corrected chi connectivity index (χ0v) is 11.5. The lowest BCUT2D eigenvalue weighted by atomic mass is 10.1. The zero-order chi connectivity index (χ0) is 15.2. The van der Waals surface area contributed by atoms with E-state index in [0.29, 0.717) is 5.69 Å². The number of anilines is 1. The van der Waals surface area contributed by atoms with Gasteiger partial charge in [0, 0.05) is 11.3 Å². The number of hydrogen-bond donors (Lipinski definition) is 2. The van der Waals surface area contributed by atoms with Crippen LogP contribution in [0.3, 0.4) is 0 Å². The minimum atomic E-state index is -0.663. The number of phenolic OH excluding ortho intramolecular Hbond substituents is 1. The summed E-state index contributed by atoms with van der Waals surface area (Å²) in [6.45, 7) is 1.86. The van der Waals surface area contributed by atoms with Crippen LogP contribution in [-0.2, 0) is 4.74 Å². The Morgan fingerprint density at radius 2 is 1.86 bits per heavy atom. The summed E-state index contributed by atoms with van der Waals surface area (Å²) >= 11 is 0.